The number of hydrogen-bond donors (Lipinski definition) is 0. The summed E-state index contributed by atoms with van der Waals surface area (Å²) in [4.78, 5) is 0. The first kappa shape index (κ1) is 39.7. The lowest BCUT2D eigenvalue weighted by atomic mass is 9.97. The first-order chi connectivity index (χ1) is 25.1. The minimum absolute atomic E-state index is 0.821. The van der Waals surface area contributed by atoms with E-state index in [1.165, 1.54) is 65.5 Å². The van der Waals surface area contributed by atoms with Gasteiger partial charge in [0, 0.05) is 0 Å². The summed E-state index contributed by atoms with van der Waals surface area (Å²) < 4.78 is 0. The Balaban J connectivity index is 1.36. The van der Waals surface area contributed by atoms with Gasteiger partial charge in [0.2, 0.25) is 0 Å². The summed E-state index contributed by atoms with van der Waals surface area (Å²) in [5, 5.41) is 10.0. The number of allylic oxidation sites excluding steroid dienone is 2. The molecule has 4 aromatic rings. The third kappa shape index (κ3) is 7.61. The zero-order valence-electron chi connectivity index (χ0n) is 36.1. The van der Waals surface area contributed by atoms with Gasteiger partial charge in [-0.05, 0) is 62.9 Å². The Bertz CT molecular complexity index is 1940. The topological polar surface area (TPSA) is 0 Å². The Hall–Kier alpha value is -2.56. The summed E-state index contributed by atoms with van der Waals surface area (Å²) in [6, 6.07) is 30.0. The molecule has 1 fully saturated rings. The van der Waals surface area contributed by atoms with Crippen molar-refractivity contribution in [1.82, 2.24) is 0 Å². The van der Waals surface area contributed by atoms with Crippen LogP contribution in [0.4, 0.5) is 0 Å². The van der Waals surface area contributed by atoms with Crippen molar-refractivity contribution in [2.24, 2.45) is 0 Å². The number of fused-ring (bicyclic) bond motifs is 2. The maximum absolute atomic E-state index is 2.81. The van der Waals surface area contributed by atoms with Gasteiger partial charge in [-0.3, -0.25) is 0 Å². The molecule has 0 radical (unpaired) electrons. The average Bonchev–Trinajstić information content (AvgIpc) is 3.75. The second-order valence-corrected chi connectivity index (χ2v) is 46.4. The number of benzene rings is 4. The molecule has 3 aliphatic rings. The third-order valence-electron chi connectivity index (χ3n) is 13.5. The molecule has 284 valence electrons. The molecule has 1 saturated carbocycles. The molecule has 0 spiro atoms. The molecular weight excluding hydrogens is 729 g/mol. The molecule has 3 aliphatic carbocycles. The normalized spacial score (nSPS) is 17.0. The Morgan fingerprint density at radius 2 is 0.778 bits per heavy atom. The highest BCUT2D eigenvalue weighted by Gasteiger charge is 2.46. The van der Waals surface area contributed by atoms with Crippen molar-refractivity contribution < 1.29 is 0 Å². The fourth-order valence-electron chi connectivity index (χ4n) is 9.62. The molecule has 0 aromatic heterocycles. The van der Waals surface area contributed by atoms with E-state index in [0.29, 0.717) is 0 Å². The van der Waals surface area contributed by atoms with E-state index in [-0.39, 0.29) is 0 Å². The van der Waals surface area contributed by atoms with Crippen molar-refractivity contribution in [1.29, 1.82) is 0 Å². The summed E-state index contributed by atoms with van der Waals surface area (Å²) in [6.07, 6.45) is 14.8. The molecule has 4 aromatic carbocycles. The van der Waals surface area contributed by atoms with Crippen molar-refractivity contribution in [3.05, 3.63) is 105 Å². The molecule has 0 bridgehead atoms. The van der Waals surface area contributed by atoms with Crippen LogP contribution in [-0.4, -0.2) is 40.4 Å². The van der Waals surface area contributed by atoms with Gasteiger partial charge < -0.3 is 0 Å². The second kappa shape index (κ2) is 14.1. The molecule has 5 heteroatoms. The molecule has 54 heavy (non-hydrogen) atoms. The Morgan fingerprint density at radius 1 is 0.426 bits per heavy atom. The van der Waals surface area contributed by atoms with E-state index in [2.05, 4.69) is 170 Å². The van der Waals surface area contributed by atoms with E-state index in [4.69, 9.17) is 0 Å². The van der Waals surface area contributed by atoms with Gasteiger partial charge in [-0.2, -0.15) is 0 Å². The van der Waals surface area contributed by atoms with Crippen LogP contribution < -0.4 is 20.7 Å². The van der Waals surface area contributed by atoms with Gasteiger partial charge in [0.15, 0.2) is 0 Å². The van der Waals surface area contributed by atoms with Crippen LogP contribution in [-0.2, 0) is 12.8 Å². The molecule has 0 nitrogen and oxygen atoms in total. The minimum atomic E-state index is -2.04. The predicted octanol–water partition coefficient (Wildman–Crippen LogP) is 12.3. The van der Waals surface area contributed by atoms with E-state index >= 15 is 0 Å². The lowest BCUT2D eigenvalue weighted by Gasteiger charge is -2.41. The highest BCUT2D eigenvalue weighted by atomic mass is 28.3. The van der Waals surface area contributed by atoms with Crippen LogP contribution in [0.25, 0.3) is 34.4 Å². The molecule has 0 aliphatic heterocycles. The fourth-order valence-corrected chi connectivity index (χ4v) is 19.6. The van der Waals surface area contributed by atoms with Crippen LogP contribution in [0.2, 0.25) is 90.7 Å². The summed E-state index contributed by atoms with van der Waals surface area (Å²) in [7, 11) is -8.01. The summed E-state index contributed by atoms with van der Waals surface area (Å²) in [6.45, 7) is 33.0. The zero-order valence-corrected chi connectivity index (χ0v) is 41.1. The van der Waals surface area contributed by atoms with Crippen molar-refractivity contribution in [3.63, 3.8) is 0 Å². The van der Waals surface area contributed by atoms with Crippen LogP contribution in [0.3, 0.4) is 0 Å². The van der Waals surface area contributed by atoms with Crippen LogP contribution in [0.15, 0.2) is 83.2 Å². The highest BCUT2D eigenvalue weighted by molar-refractivity contribution is 6.94. The van der Waals surface area contributed by atoms with Crippen molar-refractivity contribution >= 4 is 73.3 Å². The van der Waals surface area contributed by atoms with Crippen LogP contribution in [0.1, 0.15) is 54.4 Å². The van der Waals surface area contributed by atoms with Gasteiger partial charge in [0.25, 0.3) is 0 Å². The van der Waals surface area contributed by atoms with E-state index in [9.17, 15) is 0 Å². The largest absolute Gasteiger partial charge is 0.109 e. The van der Waals surface area contributed by atoms with Gasteiger partial charge in [0.05, 0.1) is 32.3 Å². The van der Waals surface area contributed by atoms with Crippen molar-refractivity contribution in [2.75, 3.05) is 0 Å². The first-order valence-corrected chi connectivity index (χ1v) is 37.7. The summed E-state index contributed by atoms with van der Waals surface area (Å²) in [5.74, 6) is 0. The van der Waals surface area contributed by atoms with Gasteiger partial charge in [0.1, 0.15) is 8.07 Å². The lowest BCUT2D eigenvalue weighted by molar-refractivity contribution is 0.493. The summed E-state index contributed by atoms with van der Waals surface area (Å²) in [5.41, 5.74) is 12.8. The van der Waals surface area contributed by atoms with Crippen LogP contribution >= 0.6 is 0 Å². The smallest absolute Gasteiger partial charge is 0.0709 e. The summed E-state index contributed by atoms with van der Waals surface area (Å²) >= 11 is 0. The zero-order chi connectivity index (χ0) is 39.0. The third-order valence-corrected chi connectivity index (χ3v) is 27.1. The molecular formula is C49H68Si5. The number of hydrogen-bond acceptors (Lipinski definition) is 0. The lowest BCUT2D eigenvalue weighted by Crippen LogP contribution is -2.45. The van der Waals surface area contributed by atoms with E-state index in [1.807, 2.05) is 0 Å². The van der Waals surface area contributed by atoms with Crippen LogP contribution in [0, 0.1) is 0 Å². The molecule has 0 unspecified atom stereocenters. The first-order valence-electron chi connectivity index (χ1n) is 21.1. The fraction of sp³-hybridized carbons (Fsp3) is 0.429. The van der Waals surface area contributed by atoms with E-state index < -0.39 is 40.4 Å². The van der Waals surface area contributed by atoms with Crippen molar-refractivity contribution in [3.8, 4) is 22.3 Å². The predicted molar refractivity (Wildman–Crippen MR) is 257 cm³/mol. The maximum Gasteiger partial charge on any atom is 0.109 e. The SMILES string of the molecule is C[Si](C)(C)c1cc(-c2cccc3c2C=C([Si](C)(C2=Cc4c(cccc4-c4cc([Si](C)(C)C)cc([Si](C)(C)C)c4)C2)C2CCCCC2)C3)cc([Si](C)(C)C)c1. The van der Waals surface area contributed by atoms with Crippen molar-refractivity contribution in [2.45, 2.75) is 136 Å². The van der Waals surface area contributed by atoms with E-state index in [0.717, 1.165) is 18.4 Å². The van der Waals surface area contributed by atoms with E-state index in [1.54, 1.807) is 42.3 Å². The molecule has 0 saturated heterocycles. The molecule has 0 heterocycles. The highest BCUT2D eigenvalue weighted by Crippen LogP contribution is 2.51. The van der Waals surface area contributed by atoms with Gasteiger partial charge >= 0.3 is 0 Å². The monoisotopic (exact) mass is 796 g/mol. The molecule has 0 N–H and O–H groups in total. The standard InChI is InChI=1S/C49H68Si5/c1-50(2,3)40-27-37(28-41(31-40)51(4,5)6)46-23-17-19-35-25-44(33-48(35)46)54(13,39-21-15-14-16-22-39)45-26-36-20-18-24-47(49(36)34-45)38-29-42(52(7,8)9)32-43(30-38)53(10,11)12/h17-20,23-24,27-34,39H,14-16,21-22,25-26H2,1-13H3. The minimum Gasteiger partial charge on any atom is -0.0709 e. The molecule has 7 rings (SSSR count). The Labute approximate surface area is 334 Å². The maximum atomic E-state index is 2.81. The van der Waals surface area contributed by atoms with Crippen LogP contribution in [0.5, 0.6) is 0 Å². The Kier molecular flexibility index (Phi) is 10.4. The molecule has 0 atom stereocenters. The quantitative estimate of drug-likeness (QED) is 0.148. The van der Waals surface area contributed by atoms with Gasteiger partial charge in [-0.1, -0.05) is 233 Å². The average molecular weight is 798 g/mol. The Morgan fingerprint density at radius 3 is 1.11 bits per heavy atom. The number of rotatable bonds is 9. The van der Waals surface area contributed by atoms with Gasteiger partial charge in [-0.25, -0.2) is 0 Å². The molecule has 0 amide bonds. The second-order valence-electron chi connectivity index (χ2n) is 21.6. The van der Waals surface area contributed by atoms with Gasteiger partial charge in [-0.15, -0.1) is 0 Å².